The summed E-state index contributed by atoms with van der Waals surface area (Å²) in [6.07, 6.45) is 5.66. The number of likely N-dealkylation sites (tertiary alicyclic amines) is 1. The molecular formula is C26H34N4O4. The van der Waals surface area contributed by atoms with Gasteiger partial charge in [-0.15, -0.1) is 0 Å². The molecule has 0 spiro atoms. The number of carboxylic acids is 1. The van der Waals surface area contributed by atoms with Gasteiger partial charge in [0.1, 0.15) is 17.6 Å². The van der Waals surface area contributed by atoms with Gasteiger partial charge in [-0.05, 0) is 56.2 Å². The highest BCUT2D eigenvalue weighted by Gasteiger charge is 2.33. The van der Waals surface area contributed by atoms with Gasteiger partial charge in [0.2, 0.25) is 5.91 Å². The van der Waals surface area contributed by atoms with Crippen molar-refractivity contribution in [1.29, 1.82) is 0 Å². The lowest BCUT2D eigenvalue weighted by Gasteiger charge is -2.36. The van der Waals surface area contributed by atoms with E-state index in [4.69, 9.17) is 9.72 Å². The van der Waals surface area contributed by atoms with Crippen molar-refractivity contribution in [3.63, 3.8) is 0 Å². The summed E-state index contributed by atoms with van der Waals surface area (Å²) in [6, 6.07) is 10.8. The van der Waals surface area contributed by atoms with Gasteiger partial charge in [0.05, 0.1) is 7.11 Å². The number of methoxy groups -OCH3 is 1. The number of piperidine rings is 1. The third kappa shape index (κ3) is 5.86. The van der Waals surface area contributed by atoms with Crippen molar-refractivity contribution in [2.45, 2.75) is 57.0 Å². The number of carboxylic acid groups (broad SMARTS) is 1. The highest BCUT2D eigenvalue weighted by atomic mass is 16.5. The number of fused-ring (bicyclic) bond motifs is 1. The Hall–Kier alpha value is -3.13. The van der Waals surface area contributed by atoms with Gasteiger partial charge in [-0.3, -0.25) is 14.5 Å². The highest BCUT2D eigenvalue weighted by Crippen LogP contribution is 2.31. The highest BCUT2D eigenvalue weighted by molar-refractivity contribution is 5.77. The Balaban J connectivity index is 1.23. The first kappa shape index (κ1) is 24.0. The van der Waals surface area contributed by atoms with Crippen LogP contribution in [0.2, 0.25) is 0 Å². The fourth-order valence-corrected chi connectivity index (χ4v) is 4.92. The predicted molar refractivity (Wildman–Crippen MR) is 130 cm³/mol. The molecule has 0 saturated carbocycles. The Bertz CT molecular complexity index is 1000. The molecule has 1 aromatic heterocycles. The van der Waals surface area contributed by atoms with Gasteiger partial charge in [-0.25, -0.2) is 4.98 Å². The first-order valence-corrected chi connectivity index (χ1v) is 12.2. The van der Waals surface area contributed by atoms with Gasteiger partial charge in [-0.2, -0.15) is 0 Å². The summed E-state index contributed by atoms with van der Waals surface area (Å²) < 4.78 is 5.38. The predicted octanol–water partition coefficient (Wildman–Crippen LogP) is 3.18. The standard InChI is InChI=1S/C26H34N4O4/c1-34-22-9-3-2-8-21(22)24(26(32)33)30-16-13-20(14-17-30)28-23(31)10-4-7-19-12-11-18-6-5-15-27-25(18)29-19/h2-3,8-9,11-12,20,24H,4-7,10,13-17H2,1H3,(H,27,29)(H,28,31)(H,32,33)/t24-/m1/s1. The van der Waals surface area contributed by atoms with Crippen LogP contribution in [0.25, 0.3) is 0 Å². The molecule has 3 heterocycles. The van der Waals surface area contributed by atoms with Crippen molar-refractivity contribution in [3.05, 3.63) is 53.2 Å². The van der Waals surface area contributed by atoms with Crippen molar-refractivity contribution in [2.75, 3.05) is 32.1 Å². The summed E-state index contributed by atoms with van der Waals surface area (Å²) >= 11 is 0. The fraction of sp³-hybridized carbons (Fsp3) is 0.500. The van der Waals surface area contributed by atoms with Gasteiger partial charge in [0.25, 0.3) is 0 Å². The maximum absolute atomic E-state index is 12.5. The largest absolute Gasteiger partial charge is 0.496 e. The quantitative estimate of drug-likeness (QED) is 0.521. The second-order valence-electron chi connectivity index (χ2n) is 9.05. The minimum atomic E-state index is -0.891. The van der Waals surface area contributed by atoms with Crippen molar-refractivity contribution < 1.29 is 19.4 Å². The lowest BCUT2D eigenvalue weighted by atomic mass is 9.98. The zero-order valence-electron chi connectivity index (χ0n) is 19.8. The number of amides is 1. The Morgan fingerprint density at radius 2 is 2.03 bits per heavy atom. The maximum Gasteiger partial charge on any atom is 0.325 e. The van der Waals surface area contributed by atoms with E-state index in [1.807, 2.05) is 17.0 Å². The minimum absolute atomic E-state index is 0.0500. The van der Waals surface area contributed by atoms with E-state index in [2.05, 4.69) is 22.8 Å². The third-order valence-electron chi connectivity index (χ3n) is 6.72. The monoisotopic (exact) mass is 466 g/mol. The minimum Gasteiger partial charge on any atom is -0.496 e. The topological polar surface area (TPSA) is 104 Å². The van der Waals surface area contributed by atoms with Crippen LogP contribution in [0.3, 0.4) is 0 Å². The Kier molecular flexibility index (Phi) is 8.00. The molecule has 2 aliphatic rings. The number of rotatable bonds is 9. The van der Waals surface area contributed by atoms with Gasteiger partial charge in [-0.1, -0.05) is 24.3 Å². The number of hydrogen-bond acceptors (Lipinski definition) is 6. The summed E-state index contributed by atoms with van der Waals surface area (Å²) in [7, 11) is 1.55. The molecule has 0 bridgehead atoms. The van der Waals surface area contributed by atoms with Crippen LogP contribution in [0.15, 0.2) is 36.4 Å². The summed E-state index contributed by atoms with van der Waals surface area (Å²) in [5.41, 5.74) is 2.95. The average Bonchev–Trinajstić information content (AvgIpc) is 2.85. The first-order chi connectivity index (χ1) is 16.5. The number of aromatic nitrogens is 1. The molecule has 8 heteroatoms. The van der Waals surface area contributed by atoms with Crippen molar-refractivity contribution >= 4 is 17.7 Å². The number of anilines is 1. The number of aliphatic carboxylic acids is 1. The van der Waals surface area contributed by atoms with Crippen LogP contribution >= 0.6 is 0 Å². The lowest BCUT2D eigenvalue weighted by molar-refractivity contribution is -0.144. The van der Waals surface area contributed by atoms with Crippen LogP contribution in [0.1, 0.15) is 55.0 Å². The molecule has 1 fully saturated rings. The van der Waals surface area contributed by atoms with Crippen molar-refractivity contribution in [2.24, 2.45) is 0 Å². The number of ether oxygens (including phenoxy) is 1. The second kappa shape index (κ2) is 11.3. The molecule has 34 heavy (non-hydrogen) atoms. The molecule has 182 valence electrons. The number of pyridine rings is 1. The van der Waals surface area contributed by atoms with Crippen LogP contribution in [-0.4, -0.2) is 59.7 Å². The number of carbonyl (C=O) groups excluding carboxylic acids is 1. The molecule has 4 rings (SSSR count). The van der Waals surface area contributed by atoms with Gasteiger partial charge >= 0.3 is 5.97 Å². The van der Waals surface area contributed by atoms with E-state index in [1.54, 1.807) is 19.2 Å². The third-order valence-corrected chi connectivity index (χ3v) is 6.72. The lowest BCUT2D eigenvalue weighted by Crippen LogP contribution is -2.47. The molecule has 1 aromatic carbocycles. The Morgan fingerprint density at radius 1 is 1.24 bits per heavy atom. The van der Waals surface area contributed by atoms with E-state index in [1.165, 1.54) is 5.56 Å². The molecule has 2 aromatic rings. The van der Waals surface area contributed by atoms with E-state index in [-0.39, 0.29) is 11.9 Å². The van der Waals surface area contributed by atoms with Gasteiger partial charge in [0, 0.05) is 43.4 Å². The fourth-order valence-electron chi connectivity index (χ4n) is 4.92. The summed E-state index contributed by atoms with van der Waals surface area (Å²) in [6.45, 7) is 2.18. The zero-order chi connectivity index (χ0) is 23.9. The molecule has 1 amide bonds. The summed E-state index contributed by atoms with van der Waals surface area (Å²) in [5, 5.41) is 16.4. The van der Waals surface area contributed by atoms with Crippen LogP contribution in [0.5, 0.6) is 5.75 Å². The van der Waals surface area contributed by atoms with E-state index in [9.17, 15) is 14.7 Å². The maximum atomic E-state index is 12.5. The SMILES string of the molecule is COc1ccccc1[C@H](C(=O)O)N1CCC(NC(=O)CCCc2ccc3c(n2)NCCC3)CC1. The molecule has 1 atom stereocenters. The normalized spacial score (nSPS) is 17.3. The number of para-hydroxylation sites is 1. The van der Waals surface area contributed by atoms with Gasteiger partial charge < -0.3 is 20.5 Å². The number of hydrogen-bond donors (Lipinski definition) is 3. The molecule has 0 aliphatic carbocycles. The van der Waals surface area contributed by atoms with Crippen LogP contribution < -0.4 is 15.4 Å². The number of carbonyl (C=O) groups is 2. The molecule has 8 nitrogen and oxygen atoms in total. The molecule has 0 unspecified atom stereocenters. The number of benzene rings is 1. The molecule has 0 radical (unpaired) electrons. The van der Waals surface area contributed by atoms with Crippen molar-refractivity contribution in [1.82, 2.24) is 15.2 Å². The average molecular weight is 467 g/mol. The smallest absolute Gasteiger partial charge is 0.325 e. The van der Waals surface area contributed by atoms with E-state index in [0.717, 1.165) is 56.6 Å². The first-order valence-electron chi connectivity index (χ1n) is 12.2. The number of aryl methyl sites for hydroxylation is 2. The second-order valence-corrected chi connectivity index (χ2v) is 9.05. The van der Waals surface area contributed by atoms with Gasteiger partial charge in [0.15, 0.2) is 0 Å². The van der Waals surface area contributed by atoms with E-state index in [0.29, 0.717) is 30.8 Å². The Morgan fingerprint density at radius 3 is 2.79 bits per heavy atom. The van der Waals surface area contributed by atoms with E-state index >= 15 is 0 Å². The van der Waals surface area contributed by atoms with E-state index < -0.39 is 12.0 Å². The molecular weight excluding hydrogens is 432 g/mol. The number of nitrogens with one attached hydrogen (secondary N) is 2. The van der Waals surface area contributed by atoms with Crippen LogP contribution in [0, 0.1) is 0 Å². The van der Waals surface area contributed by atoms with Crippen LogP contribution in [-0.2, 0) is 22.4 Å². The summed E-state index contributed by atoms with van der Waals surface area (Å²) in [5.74, 6) is 0.731. The summed E-state index contributed by atoms with van der Waals surface area (Å²) in [4.78, 5) is 31.2. The molecule has 1 saturated heterocycles. The molecule has 2 aliphatic heterocycles. The van der Waals surface area contributed by atoms with Crippen molar-refractivity contribution in [3.8, 4) is 5.75 Å². The Labute approximate surface area is 200 Å². The zero-order valence-corrected chi connectivity index (χ0v) is 19.8. The number of nitrogens with zero attached hydrogens (tertiary/aromatic N) is 2. The van der Waals surface area contributed by atoms with Crippen LogP contribution in [0.4, 0.5) is 5.82 Å². The molecule has 3 N–H and O–H groups in total.